The van der Waals surface area contributed by atoms with Gasteiger partial charge in [-0.05, 0) is 66.2 Å². The molecule has 0 aliphatic carbocycles. The van der Waals surface area contributed by atoms with Crippen LogP contribution in [0.1, 0.15) is 158 Å². The fourth-order valence-electron chi connectivity index (χ4n) is 8.44. The van der Waals surface area contributed by atoms with Crippen molar-refractivity contribution in [2.24, 2.45) is 0 Å². The molecule has 6 aliphatic rings. The number of rotatable bonds is 16. The molecule has 16 atom stereocenters. The third-order valence-electron chi connectivity index (χ3n) is 11.7. The second-order valence-electron chi connectivity index (χ2n) is 20.8. The molecule has 6 fully saturated rings. The molecule has 60 heteroatoms. The summed E-state index contributed by atoms with van der Waals surface area (Å²) in [6, 6.07) is 0. The first kappa shape index (κ1) is 106. The fourth-order valence-corrected chi connectivity index (χ4v) is 14.7. The van der Waals surface area contributed by atoms with Gasteiger partial charge < -0.3 is 20.4 Å². The Balaban J connectivity index is -0.000000549. The van der Waals surface area contributed by atoms with Crippen molar-refractivity contribution in [3.63, 3.8) is 0 Å². The molecule has 604 valence electrons. The molecule has 48 nitrogen and oxygen atoms in total. The van der Waals surface area contributed by atoms with Crippen LogP contribution in [0.4, 0.5) is 0 Å². The zero-order valence-electron chi connectivity index (χ0n) is 53.5. The second-order valence-corrected chi connectivity index (χ2v) is 36.1. The zero-order valence-corrected chi connectivity index (χ0v) is 69.9. The Morgan fingerprint density at radius 1 is 0.420 bits per heavy atom. The van der Waals surface area contributed by atoms with Crippen LogP contribution in [0, 0.1) is 0 Å². The molecule has 6 rings (SSSR count). The number of hydrogen-bond donors (Lipinski definition) is 12. The van der Waals surface area contributed by atoms with Gasteiger partial charge >= 0.3 is 196 Å². The molecule has 0 spiro atoms. The standard InChI is InChI=1S/2C10H18O8S2.2C10H20O6S.2Mo.2H2O4S.4H2O.8O.2W/c2*1-3-8-5-10(18-20(13,14)16-8)6-9-4-7(2)15-19(11,12)17-9;2*1-3-8(11)5-9(12)6-10-4-7(2)15-17(13,14)16-10;;;2*1-5(2,3)4;;;;;;;;;;;;;;/h2*7-10H,3-6H2,1-2H3;2*7-12H,3-6H2,1-2H3;;;2*(H2,1,2,3,4);4*1H2;;;;;;;;;;/q;;;;;+2;;;;;;;;;;;;;;;;+2/p-4. The van der Waals surface area contributed by atoms with Crippen LogP contribution in [0.2, 0.25) is 0 Å². The van der Waals surface area contributed by atoms with Crippen LogP contribution < -0.4 is 0 Å². The number of aliphatic hydroxyl groups is 4. The third-order valence-corrected chi connectivity index (χ3v) is 18.0. The van der Waals surface area contributed by atoms with Crippen LogP contribution in [-0.2, 0) is 231 Å². The monoisotopic (exact) mass is 2150 g/mol. The molecule has 0 radical (unpaired) electrons. The summed E-state index contributed by atoms with van der Waals surface area (Å²) in [5.74, 6) is 0. The molecule has 100 heavy (non-hydrogen) atoms. The van der Waals surface area contributed by atoms with E-state index in [4.69, 9.17) is 111 Å². The quantitative estimate of drug-likeness (QED) is 0.0560. The average Bonchev–Trinajstić information content (AvgIpc) is 0.831. The maximum absolute atomic E-state index is 11.4. The van der Waals surface area contributed by atoms with Crippen molar-refractivity contribution >= 4 is 83.2 Å². The fraction of sp³-hybridized carbons (Fsp3) is 1.00. The first-order chi connectivity index (χ1) is 44.8. The molecular formula is C40H84Mo2O48S8W2. The Morgan fingerprint density at radius 3 is 0.760 bits per heavy atom. The predicted molar refractivity (Wildman–Crippen MR) is 298 cm³/mol. The topological polar surface area (TPSA) is 763 Å². The summed E-state index contributed by atoms with van der Waals surface area (Å²) in [4.78, 5) is 0. The van der Waals surface area contributed by atoms with E-state index in [0.717, 1.165) is 0 Å². The molecule has 0 aromatic carbocycles. The van der Waals surface area contributed by atoms with Crippen molar-refractivity contribution in [2.45, 2.75) is 256 Å². The summed E-state index contributed by atoms with van der Waals surface area (Å²) < 4.78 is 354. The van der Waals surface area contributed by atoms with Gasteiger partial charge in [0, 0.05) is 64.2 Å². The SMILES string of the molecule is CCC(O)CC(O)CC1CC(C)OS(=O)(=O)O1.CCC(O)CC(O)CC1CC(C)OS(=O)(=O)O1.CCC1CC(CC2CC(C)OS(=O)(=O)O2)OS(=O)(=O)O1.CCC1CC(CC2CC(C)OS(=O)(=O)O2)OS(=O)(=O)O1.O=S(=O)(O)O.O=S(=O)(O)O.[O]=[Mo](=[O])([OH])[OH].[O]=[Mo]=[O].[O]=[W](=[O])([OH])[OH].[O]=[W]=[O]. The first-order valence-electron chi connectivity index (χ1n) is 27.9. The third kappa shape index (κ3) is 68.3. The number of aliphatic hydroxyl groups excluding tert-OH is 4. The van der Waals surface area contributed by atoms with Gasteiger partial charge in [0.15, 0.2) is 0 Å². The Hall–Kier alpha value is -0.207. The Morgan fingerprint density at radius 2 is 0.580 bits per heavy atom. The van der Waals surface area contributed by atoms with Crippen molar-refractivity contribution < 1.29 is 269 Å². The van der Waals surface area contributed by atoms with Crippen molar-refractivity contribution in [3.8, 4) is 0 Å². The van der Waals surface area contributed by atoms with Gasteiger partial charge in [-0.15, -0.1) is 0 Å². The maximum atomic E-state index is 11.4. The van der Waals surface area contributed by atoms with Gasteiger partial charge in [0.25, 0.3) is 0 Å². The molecular weight excluding hydrogens is 2060 g/mol. The predicted octanol–water partition coefficient (Wildman–Crippen LogP) is -2.53. The summed E-state index contributed by atoms with van der Waals surface area (Å²) in [7, 11) is -33.3. The Bertz CT molecular complexity index is 3300. The van der Waals surface area contributed by atoms with Crippen molar-refractivity contribution in [2.75, 3.05) is 0 Å². The normalized spacial score (nSPS) is 29.6. The van der Waals surface area contributed by atoms with Gasteiger partial charge in [-0.2, -0.15) is 67.3 Å². The van der Waals surface area contributed by atoms with Gasteiger partial charge in [0.05, 0.1) is 97.7 Å². The molecule has 6 saturated heterocycles. The molecule has 0 aromatic rings. The molecule has 0 aromatic heterocycles. The van der Waals surface area contributed by atoms with Crippen LogP contribution in [0.25, 0.3) is 0 Å². The van der Waals surface area contributed by atoms with Gasteiger partial charge in [0.1, 0.15) is 0 Å². The van der Waals surface area contributed by atoms with Crippen LogP contribution in [0.5, 0.6) is 0 Å². The number of hydrogen-bond acceptors (Lipinski definition) is 40. The van der Waals surface area contributed by atoms with Crippen molar-refractivity contribution in [3.05, 3.63) is 0 Å². The van der Waals surface area contributed by atoms with E-state index < -0.39 is 251 Å². The van der Waals surface area contributed by atoms with Crippen LogP contribution in [0.15, 0.2) is 0 Å². The van der Waals surface area contributed by atoms with Gasteiger partial charge in [-0.25, -0.2) is 50.2 Å². The first-order valence-corrected chi connectivity index (χ1v) is 51.2. The van der Waals surface area contributed by atoms with E-state index in [-0.39, 0.29) is 38.5 Å². The summed E-state index contributed by atoms with van der Waals surface area (Å²) in [5.41, 5.74) is 0. The molecule has 6 heterocycles. The molecule has 0 bridgehead atoms. The molecule has 16 unspecified atom stereocenters. The van der Waals surface area contributed by atoms with Gasteiger partial charge in [-0.3, -0.25) is 18.2 Å². The van der Waals surface area contributed by atoms with E-state index >= 15 is 0 Å². The molecule has 6 aliphatic heterocycles. The minimum atomic E-state index is -5.67. The van der Waals surface area contributed by atoms with Crippen molar-refractivity contribution in [1.82, 2.24) is 0 Å². The summed E-state index contributed by atoms with van der Waals surface area (Å²) in [6.45, 7) is 13.7. The van der Waals surface area contributed by atoms with E-state index in [1.807, 2.05) is 13.8 Å². The van der Waals surface area contributed by atoms with Gasteiger partial charge in [-0.1, -0.05) is 27.7 Å². The molecule has 12 N–H and O–H groups in total. The van der Waals surface area contributed by atoms with E-state index in [0.29, 0.717) is 64.2 Å². The van der Waals surface area contributed by atoms with E-state index in [1.165, 1.54) is 0 Å². The van der Waals surface area contributed by atoms with Crippen LogP contribution in [0.3, 0.4) is 0 Å². The van der Waals surface area contributed by atoms with Gasteiger partial charge in [0.2, 0.25) is 0 Å². The van der Waals surface area contributed by atoms with E-state index in [9.17, 15) is 70.9 Å². The van der Waals surface area contributed by atoms with E-state index in [2.05, 4.69) is 16.7 Å². The Labute approximate surface area is 602 Å². The Kier molecular flexibility index (Phi) is 52.8. The van der Waals surface area contributed by atoms with Crippen molar-refractivity contribution in [1.29, 1.82) is 0 Å². The van der Waals surface area contributed by atoms with E-state index in [1.54, 1.807) is 41.5 Å². The molecule has 0 saturated carbocycles. The average molecular weight is 2150 g/mol. The second kappa shape index (κ2) is 49.8. The van der Waals surface area contributed by atoms with Crippen LogP contribution in [-0.4, -0.2) is 219 Å². The summed E-state index contributed by atoms with van der Waals surface area (Å²) in [5, 5.41) is 38.1. The summed E-state index contributed by atoms with van der Waals surface area (Å²) >= 11 is -15.5. The van der Waals surface area contributed by atoms with Crippen LogP contribution >= 0.6 is 0 Å². The molecule has 0 amide bonds. The minimum absolute atomic E-state index is 0.159. The zero-order chi connectivity index (χ0) is 79.5. The summed E-state index contributed by atoms with van der Waals surface area (Å²) in [6.07, 6.45) is -3.62.